The third kappa shape index (κ3) is 2.85. The minimum absolute atomic E-state index is 0.166. The molecule has 0 saturated carbocycles. The topological polar surface area (TPSA) is 73.7 Å². The first-order valence-electron chi connectivity index (χ1n) is 10.1. The van der Waals surface area contributed by atoms with E-state index < -0.39 is 0 Å². The second-order valence-corrected chi connectivity index (χ2v) is 7.87. The van der Waals surface area contributed by atoms with Crippen LogP contribution in [0.25, 0.3) is 22.2 Å². The average Bonchev–Trinajstić information content (AvgIpc) is 3.42. The highest BCUT2D eigenvalue weighted by atomic mass is 16.5. The first-order chi connectivity index (χ1) is 13.7. The van der Waals surface area contributed by atoms with Crippen LogP contribution in [0, 0.1) is 11.3 Å². The quantitative estimate of drug-likeness (QED) is 0.704. The number of aromatic amines is 1. The van der Waals surface area contributed by atoms with Crippen molar-refractivity contribution >= 4 is 11.0 Å². The van der Waals surface area contributed by atoms with E-state index in [9.17, 15) is 5.26 Å². The molecule has 5 rings (SSSR count). The van der Waals surface area contributed by atoms with Gasteiger partial charge in [0, 0.05) is 34.9 Å². The number of benzene rings is 1. The molecular weight excluding hydrogens is 348 g/mol. The van der Waals surface area contributed by atoms with Crippen molar-refractivity contribution in [3.8, 4) is 22.9 Å². The van der Waals surface area contributed by atoms with E-state index in [1.807, 2.05) is 19.3 Å². The number of rotatable bonds is 3. The van der Waals surface area contributed by atoms with Crippen LogP contribution in [0.2, 0.25) is 0 Å². The smallest absolute Gasteiger partial charge is 0.137 e. The molecule has 1 fully saturated rings. The molecule has 4 heterocycles. The van der Waals surface area contributed by atoms with Crippen LogP contribution in [0.15, 0.2) is 30.6 Å². The van der Waals surface area contributed by atoms with Gasteiger partial charge in [0.15, 0.2) is 0 Å². The van der Waals surface area contributed by atoms with Crippen LogP contribution in [0.1, 0.15) is 54.8 Å². The van der Waals surface area contributed by atoms with Gasteiger partial charge in [-0.15, -0.1) is 0 Å². The van der Waals surface area contributed by atoms with Crippen LogP contribution in [0.3, 0.4) is 0 Å². The summed E-state index contributed by atoms with van der Waals surface area (Å²) in [7, 11) is 0. The fourth-order valence-electron chi connectivity index (χ4n) is 4.50. The second-order valence-electron chi connectivity index (χ2n) is 7.87. The van der Waals surface area contributed by atoms with E-state index in [4.69, 9.17) is 4.74 Å². The van der Waals surface area contributed by atoms with Crippen molar-refractivity contribution in [2.24, 2.45) is 0 Å². The highest BCUT2D eigenvalue weighted by Crippen LogP contribution is 2.40. The Balaban J connectivity index is 1.64. The molecule has 3 aromatic rings. The number of nitrogens with one attached hydrogen (secondary N) is 2. The summed E-state index contributed by atoms with van der Waals surface area (Å²) in [6.07, 6.45) is 8.31. The van der Waals surface area contributed by atoms with Gasteiger partial charge >= 0.3 is 0 Å². The Labute approximate surface area is 164 Å². The van der Waals surface area contributed by atoms with E-state index in [1.54, 1.807) is 0 Å². The number of hydrogen-bond donors (Lipinski definition) is 2. The van der Waals surface area contributed by atoms with Gasteiger partial charge in [-0.05, 0) is 74.0 Å². The molecule has 1 saturated heterocycles. The van der Waals surface area contributed by atoms with E-state index >= 15 is 0 Å². The third-order valence-corrected chi connectivity index (χ3v) is 6.02. The highest BCUT2D eigenvalue weighted by Gasteiger charge is 2.25. The molecule has 0 aliphatic carbocycles. The van der Waals surface area contributed by atoms with Crippen LogP contribution in [-0.2, 0) is 6.42 Å². The molecule has 0 spiro atoms. The van der Waals surface area contributed by atoms with Gasteiger partial charge < -0.3 is 15.0 Å². The van der Waals surface area contributed by atoms with Gasteiger partial charge in [-0.2, -0.15) is 5.26 Å². The van der Waals surface area contributed by atoms with Gasteiger partial charge in [0.05, 0.1) is 18.6 Å². The number of ether oxygens (including phenoxy) is 1. The molecule has 0 amide bonds. The predicted molar refractivity (Wildman–Crippen MR) is 109 cm³/mol. The minimum Gasteiger partial charge on any atom is -0.493 e. The largest absolute Gasteiger partial charge is 0.493 e. The molecule has 0 bridgehead atoms. The number of nitriles is 1. The predicted octanol–water partition coefficient (Wildman–Crippen LogP) is 4.61. The summed E-state index contributed by atoms with van der Waals surface area (Å²) in [5.74, 6) is 0.921. The van der Waals surface area contributed by atoms with Crippen molar-refractivity contribution in [3.63, 3.8) is 0 Å². The normalized spacial score (nSPS) is 19.8. The Morgan fingerprint density at radius 1 is 1.25 bits per heavy atom. The van der Waals surface area contributed by atoms with E-state index in [0.29, 0.717) is 6.04 Å². The van der Waals surface area contributed by atoms with Crippen molar-refractivity contribution in [1.82, 2.24) is 15.3 Å². The maximum absolute atomic E-state index is 9.34. The molecule has 2 aliphatic rings. The van der Waals surface area contributed by atoms with Crippen LogP contribution >= 0.6 is 0 Å². The van der Waals surface area contributed by atoms with Gasteiger partial charge in [0.25, 0.3) is 0 Å². The van der Waals surface area contributed by atoms with Gasteiger partial charge in [0.2, 0.25) is 0 Å². The maximum Gasteiger partial charge on any atom is 0.137 e. The summed E-state index contributed by atoms with van der Waals surface area (Å²) < 4.78 is 6.08. The number of aryl methyl sites for hydroxylation is 1. The second kappa shape index (κ2) is 6.96. The molecule has 2 aromatic heterocycles. The van der Waals surface area contributed by atoms with Crippen molar-refractivity contribution in [1.29, 1.82) is 5.26 Å². The molecule has 0 radical (unpaired) electrons. The number of fused-ring (bicyclic) bond motifs is 2. The standard InChI is InChI=1S/C23H24N4O/c1-14(11-24)20-13-27-23-18(20)10-17(12-26-23)16-8-15-4-3-7-28-22(15)19(9-16)21-5-2-6-25-21/h8-10,12-14,21,25H,2-7H2,1H3,(H,26,27)/t14?,21-/m0/s1. The molecule has 1 aromatic carbocycles. The van der Waals surface area contributed by atoms with Crippen molar-refractivity contribution in [3.05, 3.63) is 47.3 Å². The number of aromatic nitrogens is 2. The van der Waals surface area contributed by atoms with Crippen LogP contribution in [-0.4, -0.2) is 23.1 Å². The summed E-state index contributed by atoms with van der Waals surface area (Å²) in [4.78, 5) is 7.82. The minimum atomic E-state index is -0.166. The average molecular weight is 372 g/mol. The molecule has 28 heavy (non-hydrogen) atoms. The maximum atomic E-state index is 9.34. The molecule has 142 valence electrons. The fraction of sp³-hybridized carbons (Fsp3) is 0.391. The number of nitrogens with zero attached hydrogens (tertiary/aromatic N) is 2. The van der Waals surface area contributed by atoms with Crippen LogP contribution in [0.4, 0.5) is 0 Å². The summed E-state index contributed by atoms with van der Waals surface area (Å²) in [6, 6.07) is 9.40. The van der Waals surface area contributed by atoms with Gasteiger partial charge in [-0.25, -0.2) is 4.98 Å². The summed E-state index contributed by atoms with van der Waals surface area (Å²) >= 11 is 0. The summed E-state index contributed by atoms with van der Waals surface area (Å²) in [6.45, 7) is 3.80. The number of pyridine rings is 1. The molecule has 2 N–H and O–H groups in total. The first kappa shape index (κ1) is 17.3. The third-order valence-electron chi connectivity index (χ3n) is 6.02. The molecular formula is C23H24N4O. The Bertz CT molecular complexity index is 1070. The number of H-pyrrole nitrogens is 1. The molecule has 1 unspecified atom stereocenters. The van der Waals surface area contributed by atoms with E-state index in [0.717, 1.165) is 60.3 Å². The number of hydrogen-bond acceptors (Lipinski definition) is 4. The molecule has 2 aliphatic heterocycles. The molecule has 5 heteroatoms. The van der Waals surface area contributed by atoms with E-state index in [1.165, 1.54) is 23.1 Å². The van der Waals surface area contributed by atoms with Crippen molar-refractivity contribution < 1.29 is 4.74 Å². The lowest BCUT2D eigenvalue weighted by Crippen LogP contribution is -2.17. The zero-order valence-corrected chi connectivity index (χ0v) is 16.1. The van der Waals surface area contributed by atoms with Crippen LogP contribution in [0.5, 0.6) is 5.75 Å². The first-order valence-corrected chi connectivity index (χ1v) is 10.1. The lowest BCUT2D eigenvalue weighted by molar-refractivity contribution is 0.282. The Morgan fingerprint density at radius 2 is 2.18 bits per heavy atom. The lowest BCUT2D eigenvalue weighted by Gasteiger charge is -2.24. The monoisotopic (exact) mass is 372 g/mol. The zero-order chi connectivity index (χ0) is 19.1. The zero-order valence-electron chi connectivity index (χ0n) is 16.1. The van der Waals surface area contributed by atoms with E-state index in [-0.39, 0.29) is 5.92 Å². The van der Waals surface area contributed by atoms with Gasteiger partial charge in [0.1, 0.15) is 11.4 Å². The van der Waals surface area contributed by atoms with Crippen LogP contribution < -0.4 is 10.1 Å². The summed E-state index contributed by atoms with van der Waals surface area (Å²) in [5, 5.41) is 14.0. The Kier molecular flexibility index (Phi) is 4.29. The Morgan fingerprint density at radius 3 is 3.00 bits per heavy atom. The van der Waals surface area contributed by atoms with Crippen molar-refractivity contribution in [2.45, 2.75) is 44.6 Å². The molecule has 5 nitrogen and oxygen atoms in total. The SMILES string of the molecule is CC(C#N)c1c[nH]c2ncc(-c3cc4c(c([C@@H]5CCCN5)c3)OCCC4)cc12. The summed E-state index contributed by atoms with van der Waals surface area (Å²) in [5.41, 5.74) is 6.69. The van der Waals surface area contributed by atoms with Crippen molar-refractivity contribution in [2.75, 3.05) is 13.2 Å². The highest BCUT2D eigenvalue weighted by molar-refractivity contribution is 5.85. The van der Waals surface area contributed by atoms with Gasteiger partial charge in [-0.1, -0.05) is 0 Å². The van der Waals surface area contributed by atoms with E-state index in [2.05, 4.69) is 39.6 Å². The Hall–Kier alpha value is -2.84. The fourth-order valence-corrected chi connectivity index (χ4v) is 4.50. The lowest BCUT2D eigenvalue weighted by atomic mass is 9.91. The molecule has 2 atom stereocenters. The van der Waals surface area contributed by atoms with Gasteiger partial charge in [-0.3, -0.25) is 0 Å².